The van der Waals surface area contributed by atoms with Crippen molar-refractivity contribution in [3.63, 3.8) is 0 Å². The molecule has 1 unspecified atom stereocenters. The molecule has 0 aliphatic carbocycles. The highest BCUT2D eigenvalue weighted by Crippen LogP contribution is 2.27. The van der Waals surface area contributed by atoms with E-state index in [4.69, 9.17) is 5.73 Å². The SMILES string of the molecule is CCCCCCCCCCCCC(N)c1sccc1CC. The Morgan fingerprint density at radius 2 is 1.48 bits per heavy atom. The smallest absolute Gasteiger partial charge is 0.0392 e. The zero-order valence-electron chi connectivity index (χ0n) is 14.2. The van der Waals surface area contributed by atoms with Crippen LogP contribution in [0.3, 0.4) is 0 Å². The van der Waals surface area contributed by atoms with Crippen molar-refractivity contribution in [3.05, 3.63) is 21.9 Å². The Balaban J connectivity index is 1.97. The summed E-state index contributed by atoms with van der Waals surface area (Å²) in [4.78, 5) is 1.42. The first kappa shape index (κ1) is 18.7. The first-order valence-corrected chi connectivity index (χ1v) is 9.99. The number of thiophene rings is 1. The molecule has 122 valence electrons. The predicted octanol–water partition coefficient (Wildman–Crippen LogP) is 6.62. The molecule has 2 heteroatoms. The van der Waals surface area contributed by atoms with Crippen LogP contribution in [0.1, 0.15) is 101 Å². The van der Waals surface area contributed by atoms with Gasteiger partial charge in [0.2, 0.25) is 0 Å². The first-order valence-electron chi connectivity index (χ1n) is 9.11. The van der Waals surface area contributed by atoms with E-state index in [1.54, 1.807) is 0 Å². The number of hydrogen-bond donors (Lipinski definition) is 1. The number of aryl methyl sites for hydroxylation is 1. The quantitative estimate of drug-likeness (QED) is 0.407. The zero-order chi connectivity index (χ0) is 15.3. The van der Waals surface area contributed by atoms with E-state index in [2.05, 4.69) is 25.3 Å². The highest BCUT2D eigenvalue weighted by Gasteiger charge is 2.11. The molecule has 2 N–H and O–H groups in total. The zero-order valence-corrected chi connectivity index (χ0v) is 15.0. The fourth-order valence-corrected chi connectivity index (χ4v) is 3.98. The summed E-state index contributed by atoms with van der Waals surface area (Å²) in [6.07, 6.45) is 16.2. The first-order chi connectivity index (χ1) is 10.3. The predicted molar refractivity (Wildman–Crippen MR) is 97.1 cm³/mol. The summed E-state index contributed by atoms with van der Waals surface area (Å²) in [5, 5.41) is 2.19. The van der Waals surface area contributed by atoms with E-state index in [1.807, 2.05) is 11.3 Å². The molecule has 1 aromatic heterocycles. The minimum Gasteiger partial charge on any atom is -0.323 e. The van der Waals surface area contributed by atoms with Gasteiger partial charge in [-0.15, -0.1) is 11.3 Å². The minimum atomic E-state index is 0.272. The summed E-state index contributed by atoms with van der Waals surface area (Å²) < 4.78 is 0. The summed E-state index contributed by atoms with van der Waals surface area (Å²) in [6, 6.07) is 2.51. The highest BCUT2D eigenvalue weighted by molar-refractivity contribution is 7.10. The molecule has 1 rings (SSSR count). The lowest BCUT2D eigenvalue weighted by molar-refractivity contribution is 0.530. The molecule has 0 saturated heterocycles. The van der Waals surface area contributed by atoms with Gasteiger partial charge in [-0.2, -0.15) is 0 Å². The van der Waals surface area contributed by atoms with Gasteiger partial charge in [-0.1, -0.05) is 78.1 Å². The number of unbranched alkanes of at least 4 members (excludes halogenated alkanes) is 9. The number of rotatable bonds is 13. The van der Waals surface area contributed by atoms with Gasteiger partial charge >= 0.3 is 0 Å². The molecule has 0 amide bonds. The molecule has 1 atom stereocenters. The van der Waals surface area contributed by atoms with E-state index < -0.39 is 0 Å². The van der Waals surface area contributed by atoms with Crippen LogP contribution in [0.4, 0.5) is 0 Å². The van der Waals surface area contributed by atoms with Crippen molar-refractivity contribution in [2.24, 2.45) is 5.73 Å². The third-order valence-electron chi connectivity index (χ3n) is 4.37. The molecule has 1 nitrogen and oxygen atoms in total. The molecule has 0 fully saturated rings. The maximum Gasteiger partial charge on any atom is 0.0392 e. The van der Waals surface area contributed by atoms with Crippen LogP contribution in [-0.4, -0.2) is 0 Å². The van der Waals surface area contributed by atoms with Crippen molar-refractivity contribution >= 4 is 11.3 Å². The van der Waals surface area contributed by atoms with Crippen LogP contribution >= 0.6 is 11.3 Å². The average molecular weight is 310 g/mol. The Morgan fingerprint density at radius 1 is 0.905 bits per heavy atom. The van der Waals surface area contributed by atoms with Crippen LogP contribution in [0.5, 0.6) is 0 Å². The van der Waals surface area contributed by atoms with E-state index in [9.17, 15) is 0 Å². The van der Waals surface area contributed by atoms with Gasteiger partial charge in [0, 0.05) is 10.9 Å². The van der Waals surface area contributed by atoms with E-state index in [0.717, 1.165) is 12.8 Å². The van der Waals surface area contributed by atoms with Crippen molar-refractivity contribution in [2.75, 3.05) is 0 Å². The molecule has 0 aliphatic rings. The number of hydrogen-bond acceptors (Lipinski definition) is 2. The second-order valence-corrected chi connectivity index (χ2v) is 7.19. The average Bonchev–Trinajstić information content (AvgIpc) is 2.97. The van der Waals surface area contributed by atoms with Crippen LogP contribution in [0.15, 0.2) is 11.4 Å². The summed E-state index contributed by atoms with van der Waals surface area (Å²) in [6.45, 7) is 4.50. The summed E-state index contributed by atoms with van der Waals surface area (Å²) in [5.41, 5.74) is 7.79. The number of nitrogens with two attached hydrogens (primary N) is 1. The summed E-state index contributed by atoms with van der Waals surface area (Å²) in [7, 11) is 0. The van der Waals surface area contributed by atoms with Crippen LogP contribution in [0.25, 0.3) is 0 Å². The topological polar surface area (TPSA) is 26.0 Å². The van der Waals surface area contributed by atoms with E-state index >= 15 is 0 Å². The van der Waals surface area contributed by atoms with E-state index in [1.165, 1.54) is 74.6 Å². The van der Waals surface area contributed by atoms with Crippen molar-refractivity contribution in [3.8, 4) is 0 Å². The molecular formula is C19H35NS. The third-order valence-corrected chi connectivity index (χ3v) is 5.46. The van der Waals surface area contributed by atoms with Crippen LogP contribution < -0.4 is 5.73 Å². The minimum absolute atomic E-state index is 0.272. The lowest BCUT2D eigenvalue weighted by Gasteiger charge is -2.11. The Bertz CT molecular complexity index is 345. The van der Waals surface area contributed by atoms with Crippen LogP contribution in [0.2, 0.25) is 0 Å². The Morgan fingerprint density at radius 3 is 2.05 bits per heavy atom. The molecule has 1 aromatic rings. The molecule has 0 bridgehead atoms. The van der Waals surface area contributed by atoms with Gasteiger partial charge in [-0.05, 0) is 29.9 Å². The lowest BCUT2D eigenvalue weighted by Crippen LogP contribution is -2.10. The molecular weight excluding hydrogens is 274 g/mol. The Labute approximate surface area is 136 Å². The van der Waals surface area contributed by atoms with E-state index in [0.29, 0.717) is 0 Å². The summed E-state index contributed by atoms with van der Waals surface area (Å²) in [5.74, 6) is 0. The molecule has 0 aromatic carbocycles. The Hall–Kier alpha value is -0.340. The second kappa shape index (κ2) is 12.2. The summed E-state index contributed by atoms with van der Waals surface area (Å²) >= 11 is 1.84. The van der Waals surface area contributed by atoms with Gasteiger partial charge in [0.1, 0.15) is 0 Å². The monoisotopic (exact) mass is 309 g/mol. The fraction of sp³-hybridized carbons (Fsp3) is 0.789. The largest absolute Gasteiger partial charge is 0.323 e. The Kier molecular flexibility index (Phi) is 10.9. The van der Waals surface area contributed by atoms with Gasteiger partial charge in [0.15, 0.2) is 0 Å². The van der Waals surface area contributed by atoms with Crippen molar-refractivity contribution < 1.29 is 0 Å². The van der Waals surface area contributed by atoms with Crippen molar-refractivity contribution in [2.45, 2.75) is 96.9 Å². The standard InChI is InChI=1S/C19H35NS/c1-3-5-6-7-8-9-10-11-12-13-14-18(20)19-17(4-2)15-16-21-19/h15-16,18H,3-14,20H2,1-2H3. The van der Waals surface area contributed by atoms with Crippen LogP contribution in [0, 0.1) is 0 Å². The fourth-order valence-electron chi connectivity index (χ4n) is 2.95. The van der Waals surface area contributed by atoms with Crippen LogP contribution in [-0.2, 0) is 6.42 Å². The molecule has 0 spiro atoms. The second-order valence-electron chi connectivity index (χ2n) is 6.24. The third kappa shape index (κ3) is 8.01. The highest BCUT2D eigenvalue weighted by atomic mass is 32.1. The lowest BCUT2D eigenvalue weighted by atomic mass is 10.0. The van der Waals surface area contributed by atoms with Gasteiger partial charge in [0.25, 0.3) is 0 Å². The van der Waals surface area contributed by atoms with Gasteiger partial charge < -0.3 is 5.73 Å². The molecule has 0 aliphatic heterocycles. The van der Waals surface area contributed by atoms with E-state index in [-0.39, 0.29) is 6.04 Å². The molecule has 21 heavy (non-hydrogen) atoms. The maximum atomic E-state index is 6.34. The molecule has 0 radical (unpaired) electrons. The van der Waals surface area contributed by atoms with Crippen molar-refractivity contribution in [1.29, 1.82) is 0 Å². The van der Waals surface area contributed by atoms with Gasteiger partial charge in [0.05, 0.1) is 0 Å². The van der Waals surface area contributed by atoms with Crippen molar-refractivity contribution in [1.82, 2.24) is 0 Å². The van der Waals surface area contributed by atoms with Gasteiger partial charge in [-0.3, -0.25) is 0 Å². The maximum absolute atomic E-state index is 6.34. The van der Waals surface area contributed by atoms with Gasteiger partial charge in [-0.25, -0.2) is 0 Å². The normalized spacial score (nSPS) is 12.7. The molecule has 0 saturated carbocycles. The molecule has 1 heterocycles.